The third-order valence-corrected chi connectivity index (χ3v) is 3.36. The molecule has 84 valence electrons. The molecule has 4 nitrogen and oxygen atoms in total. The average molecular weight is 249 g/mol. The highest BCUT2D eigenvalue weighted by molar-refractivity contribution is 7.89. The minimum atomic E-state index is -3.54. The van der Waals surface area contributed by atoms with E-state index >= 15 is 0 Å². The fourth-order valence-electron chi connectivity index (χ4n) is 1.00. The Kier molecular flexibility index (Phi) is 3.38. The van der Waals surface area contributed by atoms with E-state index < -0.39 is 15.6 Å². The monoisotopic (exact) mass is 248 g/mol. The summed E-state index contributed by atoms with van der Waals surface area (Å²) >= 11 is 5.67. The molecule has 0 saturated heterocycles. The Labute approximate surface area is 94.7 Å². The number of nitrogens with one attached hydrogen (secondary N) is 1. The highest BCUT2D eigenvalue weighted by Gasteiger charge is 2.22. The maximum absolute atomic E-state index is 11.8. The molecule has 1 aromatic heterocycles. The van der Waals surface area contributed by atoms with Crippen molar-refractivity contribution in [3.63, 3.8) is 0 Å². The van der Waals surface area contributed by atoms with Crippen LogP contribution in [0.1, 0.15) is 20.8 Å². The molecule has 0 bridgehead atoms. The van der Waals surface area contributed by atoms with Gasteiger partial charge in [0.1, 0.15) is 4.90 Å². The summed E-state index contributed by atoms with van der Waals surface area (Å²) in [5.74, 6) is 0. The number of nitrogens with zero attached hydrogens (tertiary/aromatic N) is 1. The molecule has 0 aliphatic rings. The maximum Gasteiger partial charge on any atom is 0.242 e. The Bertz CT molecular complexity index is 451. The number of hydrogen-bond acceptors (Lipinski definition) is 3. The van der Waals surface area contributed by atoms with E-state index in [0.717, 1.165) is 0 Å². The Balaban J connectivity index is 3.07. The van der Waals surface area contributed by atoms with E-state index in [1.165, 1.54) is 18.5 Å². The smallest absolute Gasteiger partial charge is 0.242 e. The Morgan fingerprint density at radius 1 is 1.33 bits per heavy atom. The molecule has 0 saturated carbocycles. The maximum atomic E-state index is 11.8. The Morgan fingerprint density at radius 2 is 1.93 bits per heavy atom. The van der Waals surface area contributed by atoms with Gasteiger partial charge in [0.2, 0.25) is 10.0 Å². The van der Waals surface area contributed by atoms with Gasteiger partial charge < -0.3 is 0 Å². The second kappa shape index (κ2) is 4.08. The lowest BCUT2D eigenvalue weighted by Gasteiger charge is -2.20. The number of hydrogen-bond donors (Lipinski definition) is 1. The molecule has 6 heteroatoms. The fraction of sp³-hybridized carbons (Fsp3) is 0.444. The quantitative estimate of drug-likeness (QED) is 0.869. The van der Waals surface area contributed by atoms with E-state index in [-0.39, 0.29) is 4.90 Å². The van der Waals surface area contributed by atoms with E-state index in [1.54, 1.807) is 20.8 Å². The van der Waals surface area contributed by atoms with E-state index in [1.807, 2.05) is 0 Å². The van der Waals surface area contributed by atoms with E-state index in [2.05, 4.69) is 9.71 Å². The SMILES string of the molecule is CC(C)(C)NS(=O)(=O)c1cncc(Cl)c1. The van der Waals surface area contributed by atoms with Crippen molar-refractivity contribution in [3.8, 4) is 0 Å². The van der Waals surface area contributed by atoms with Crippen molar-refractivity contribution in [2.24, 2.45) is 0 Å². The fourth-order valence-corrected chi connectivity index (χ4v) is 2.65. The minimum absolute atomic E-state index is 0.0740. The molecule has 0 unspecified atom stereocenters. The van der Waals surface area contributed by atoms with Crippen molar-refractivity contribution in [1.82, 2.24) is 9.71 Å². The van der Waals surface area contributed by atoms with Gasteiger partial charge in [-0.05, 0) is 26.8 Å². The summed E-state index contributed by atoms with van der Waals surface area (Å²) in [6, 6.07) is 1.36. The lowest BCUT2D eigenvalue weighted by atomic mass is 10.1. The topological polar surface area (TPSA) is 59.1 Å². The molecule has 0 atom stereocenters. The highest BCUT2D eigenvalue weighted by Crippen LogP contribution is 2.15. The normalized spacial score (nSPS) is 12.8. The minimum Gasteiger partial charge on any atom is -0.262 e. The molecule has 1 aromatic rings. The van der Waals surface area contributed by atoms with Crippen LogP contribution >= 0.6 is 11.6 Å². The van der Waals surface area contributed by atoms with E-state index in [0.29, 0.717) is 5.02 Å². The zero-order chi connectivity index (χ0) is 11.7. The number of rotatable bonds is 2. The first-order valence-electron chi connectivity index (χ1n) is 4.35. The molecule has 15 heavy (non-hydrogen) atoms. The Morgan fingerprint density at radius 3 is 2.40 bits per heavy atom. The summed E-state index contributed by atoms with van der Waals surface area (Å²) in [7, 11) is -3.54. The first kappa shape index (κ1) is 12.4. The van der Waals surface area contributed by atoms with Gasteiger partial charge in [0.25, 0.3) is 0 Å². The number of aromatic nitrogens is 1. The second-order valence-corrected chi connectivity index (χ2v) is 6.31. The molecule has 0 aliphatic carbocycles. The van der Waals surface area contributed by atoms with Crippen LogP contribution in [0.2, 0.25) is 5.02 Å². The summed E-state index contributed by atoms with van der Waals surface area (Å²) in [6.07, 6.45) is 2.65. The van der Waals surface area contributed by atoms with Gasteiger partial charge in [-0.25, -0.2) is 13.1 Å². The van der Waals surface area contributed by atoms with Crippen molar-refractivity contribution >= 4 is 21.6 Å². The van der Waals surface area contributed by atoms with Crippen LogP contribution in [-0.4, -0.2) is 18.9 Å². The molecule has 0 radical (unpaired) electrons. The Hall–Kier alpha value is -0.650. The zero-order valence-electron chi connectivity index (χ0n) is 8.78. The van der Waals surface area contributed by atoms with Crippen molar-refractivity contribution < 1.29 is 8.42 Å². The van der Waals surface area contributed by atoms with Crippen LogP contribution < -0.4 is 4.72 Å². The summed E-state index contributed by atoms with van der Waals surface area (Å²) in [5, 5.41) is 0.298. The molecule has 0 aliphatic heterocycles. The van der Waals surface area contributed by atoms with Gasteiger partial charge >= 0.3 is 0 Å². The predicted molar refractivity (Wildman–Crippen MR) is 59.3 cm³/mol. The van der Waals surface area contributed by atoms with Crippen LogP contribution in [0.4, 0.5) is 0 Å². The third kappa shape index (κ3) is 3.77. The van der Waals surface area contributed by atoms with Gasteiger partial charge in [-0.2, -0.15) is 0 Å². The van der Waals surface area contributed by atoms with E-state index in [9.17, 15) is 8.42 Å². The number of sulfonamides is 1. The van der Waals surface area contributed by atoms with Crippen molar-refractivity contribution in [2.45, 2.75) is 31.2 Å². The first-order valence-corrected chi connectivity index (χ1v) is 6.21. The molecular formula is C9H13ClN2O2S. The van der Waals surface area contributed by atoms with Crippen LogP contribution in [0, 0.1) is 0 Å². The van der Waals surface area contributed by atoms with Crippen LogP contribution in [0.5, 0.6) is 0 Å². The lowest BCUT2D eigenvalue weighted by molar-refractivity contribution is 0.491. The predicted octanol–water partition coefficient (Wildman–Crippen LogP) is 1.81. The summed E-state index contributed by atoms with van der Waals surface area (Å²) in [4.78, 5) is 3.80. The van der Waals surface area contributed by atoms with Crippen LogP contribution in [0.25, 0.3) is 0 Å². The standard InChI is InChI=1S/C9H13ClN2O2S/c1-9(2,3)12-15(13,14)8-4-7(10)5-11-6-8/h4-6,12H,1-3H3. The molecular weight excluding hydrogens is 236 g/mol. The van der Waals surface area contributed by atoms with Crippen LogP contribution in [0.3, 0.4) is 0 Å². The summed E-state index contributed by atoms with van der Waals surface area (Å²) in [6.45, 7) is 5.30. The highest BCUT2D eigenvalue weighted by atomic mass is 35.5. The van der Waals surface area contributed by atoms with Gasteiger partial charge in [0.05, 0.1) is 5.02 Å². The molecule has 0 amide bonds. The second-order valence-electron chi connectivity index (χ2n) is 4.19. The van der Waals surface area contributed by atoms with Crippen LogP contribution in [-0.2, 0) is 10.0 Å². The molecule has 1 rings (SSSR count). The lowest BCUT2D eigenvalue weighted by Crippen LogP contribution is -2.40. The molecule has 0 fully saturated rings. The third-order valence-electron chi connectivity index (χ3n) is 1.43. The largest absolute Gasteiger partial charge is 0.262 e. The van der Waals surface area contributed by atoms with Crippen molar-refractivity contribution in [1.29, 1.82) is 0 Å². The van der Waals surface area contributed by atoms with Gasteiger partial charge in [0.15, 0.2) is 0 Å². The van der Waals surface area contributed by atoms with E-state index in [4.69, 9.17) is 11.6 Å². The van der Waals surface area contributed by atoms with Gasteiger partial charge in [-0.3, -0.25) is 4.98 Å². The zero-order valence-corrected chi connectivity index (χ0v) is 10.4. The summed E-state index contributed by atoms with van der Waals surface area (Å²) < 4.78 is 26.1. The number of pyridine rings is 1. The van der Waals surface area contributed by atoms with Gasteiger partial charge in [-0.15, -0.1) is 0 Å². The van der Waals surface area contributed by atoms with Crippen molar-refractivity contribution in [3.05, 3.63) is 23.5 Å². The summed E-state index contributed by atoms with van der Waals surface area (Å²) in [5.41, 5.74) is -0.527. The molecule has 1 N–H and O–H groups in total. The average Bonchev–Trinajstić information content (AvgIpc) is 1.99. The molecule has 0 aromatic carbocycles. The molecule has 0 spiro atoms. The van der Waals surface area contributed by atoms with Crippen LogP contribution in [0.15, 0.2) is 23.4 Å². The van der Waals surface area contributed by atoms with Gasteiger partial charge in [-0.1, -0.05) is 11.6 Å². The number of halogens is 1. The van der Waals surface area contributed by atoms with Crippen molar-refractivity contribution in [2.75, 3.05) is 0 Å². The molecule has 1 heterocycles. The first-order chi connectivity index (χ1) is 6.71. The van der Waals surface area contributed by atoms with Gasteiger partial charge in [0, 0.05) is 17.9 Å².